The number of nitrogens with zero attached hydrogens (tertiary/aromatic N) is 2. The van der Waals surface area contributed by atoms with E-state index in [0.717, 1.165) is 24.9 Å². The molecular formula is C18H24FIN4O. The minimum atomic E-state index is -0.410. The molecule has 25 heavy (non-hydrogen) atoms. The number of ether oxygens (including phenoxy) is 1. The second-order valence-electron chi connectivity index (χ2n) is 5.26. The predicted octanol–water partition coefficient (Wildman–Crippen LogP) is 4.10. The van der Waals surface area contributed by atoms with Gasteiger partial charge in [0.2, 0.25) is 0 Å². The van der Waals surface area contributed by atoms with Gasteiger partial charge in [0.1, 0.15) is 5.75 Å². The zero-order valence-electron chi connectivity index (χ0n) is 14.5. The first-order valence-corrected chi connectivity index (χ1v) is 8.03. The van der Waals surface area contributed by atoms with Crippen LogP contribution in [0.2, 0.25) is 0 Å². The van der Waals surface area contributed by atoms with Crippen molar-refractivity contribution in [3.63, 3.8) is 0 Å². The SMILES string of the molecule is CCCCNC(=NC)NCc1ccc(Oc2cccnc2)c(F)c1.I. The van der Waals surface area contributed by atoms with E-state index < -0.39 is 5.82 Å². The molecule has 0 bridgehead atoms. The molecule has 136 valence electrons. The fourth-order valence-corrected chi connectivity index (χ4v) is 2.06. The number of rotatable bonds is 7. The van der Waals surface area contributed by atoms with Gasteiger partial charge in [-0.1, -0.05) is 19.4 Å². The summed E-state index contributed by atoms with van der Waals surface area (Å²) >= 11 is 0. The monoisotopic (exact) mass is 458 g/mol. The van der Waals surface area contributed by atoms with Crippen molar-refractivity contribution < 1.29 is 9.13 Å². The highest BCUT2D eigenvalue weighted by atomic mass is 127. The van der Waals surface area contributed by atoms with Crippen LogP contribution in [0.3, 0.4) is 0 Å². The number of aromatic nitrogens is 1. The maximum Gasteiger partial charge on any atom is 0.191 e. The molecule has 0 aliphatic carbocycles. The number of hydrogen-bond acceptors (Lipinski definition) is 3. The Morgan fingerprint density at radius 3 is 2.76 bits per heavy atom. The molecule has 1 heterocycles. The normalized spacial score (nSPS) is 10.8. The summed E-state index contributed by atoms with van der Waals surface area (Å²) in [6, 6.07) is 8.36. The van der Waals surface area contributed by atoms with Crippen molar-refractivity contribution in [1.82, 2.24) is 15.6 Å². The predicted molar refractivity (Wildman–Crippen MR) is 109 cm³/mol. The van der Waals surface area contributed by atoms with E-state index in [9.17, 15) is 4.39 Å². The third kappa shape index (κ3) is 7.25. The van der Waals surface area contributed by atoms with Crippen LogP contribution in [0.4, 0.5) is 4.39 Å². The molecule has 0 spiro atoms. The molecule has 0 saturated carbocycles. The van der Waals surface area contributed by atoms with Crippen LogP contribution in [-0.4, -0.2) is 24.5 Å². The molecule has 0 aliphatic heterocycles. The number of pyridine rings is 1. The summed E-state index contributed by atoms with van der Waals surface area (Å²) in [4.78, 5) is 8.08. The molecule has 1 aromatic carbocycles. The van der Waals surface area contributed by atoms with Crippen molar-refractivity contribution in [2.24, 2.45) is 4.99 Å². The third-order valence-electron chi connectivity index (χ3n) is 3.36. The van der Waals surface area contributed by atoms with Gasteiger partial charge in [-0.05, 0) is 36.2 Å². The largest absolute Gasteiger partial charge is 0.453 e. The Balaban J connectivity index is 0.00000312. The van der Waals surface area contributed by atoms with Crippen LogP contribution in [0.1, 0.15) is 25.3 Å². The number of benzene rings is 1. The first-order valence-electron chi connectivity index (χ1n) is 8.03. The van der Waals surface area contributed by atoms with Gasteiger partial charge in [0.15, 0.2) is 17.5 Å². The summed E-state index contributed by atoms with van der Waals surface area (Å²) in [5, 5.41) is 6.38. The Kier molecular flexibility index (Phi) is 9.83. The molecular weight excluding hydrogens is 434 g/mol. The molecule has 0 unspecified atom stereocenters. The van der Waals surface area contributed by atoms with E-state index in [1.165, 1.54) is 6.07 Å². The van der Waals surface area contributed by atoms with Crippen LogP contribution < -0.4 is 15.4 Å². The second-order valence-corrected chi connectivity index (χ2v) is 5.26. The van der Waals surface area contributed by atoms with Crippen molar-refractivity contribution >= 4 is 29.9 Å². The lowest BCUT2D eigenvalue weighted by atomic mass is 10.2. The zero-order valence-corrected chi connectivity index (χ0v) is 16.8. The van der Waals surface area contributed by atoms with Gasteiger partial charge in [-0.25, -0.2) is 4.39 Å². The maximum absolute atomic E-state index is 14.2. The van der Waals surface area contributed by atoms with Crippen LogP contribution in [0.15, 0.2) is 47.7 Å². The lowest BCUT2D eigenvalue weighted by Crippen LogP contribution is -2.37. The number of nitrogens with one attached hydrogen (secondary N) is 2. The van der Waals surface area contributed by atoms with E-state index in [0.29, 0.717) is 18.3 Å². The topological polar surface area (TPSA) is 58.5 Å². The Labute approximate surface area is 165 Å². The Morgan fingerprint density at radius 1 is 1.28 bits per heavy atom. The van der Waals surface area contributed by atoms with Crippen LogP contribution in [0.5, 0.6) is 11.5 Å². The fourth-order valence-electron chi connectivity index (χ4n) is 2.06. The van der Waals surface area contributed by atoms with Gasteiger partial charge >= 0.3 is 0 Å². The molecule has 0 atom stereocenters. The van der Waals surface area contributed by atoms with Gasteiger partial charge in [0, 0.05) is 26.3 Å². The standard InChI is InChI=1S/C18H23FN4O.HI/c1-3-4-10-22-18(20-2)23-12-14-7-8-17(16(19)11-14)24-15-6-5-9-21-13-15;/h5-9,11,13H,3-4,10,12H2,1-2H3,(H2,20,22,23);1H. The zero-order chi connectivity index (χ0) is 17.2. The van der Waals surface area contributed by atoms with Gasteiger partial charge in [-0.15, -0.1) is 24.0 Å². The van der Waals surface area contributed by atoms with E-state index in [4.69, 9.17) is 4.74 Å². The van der Waals surface area contributed by atoms with Crippen molar-refractivity contribution in [2.75, 3.05) is 13.6 Å². The fraction of sp³-hybridized carbons (Fsp3) is 0.333. The minimum Gasteiger partial charge on any atom is -0.453 e. The number of unbranched alkanes of at least 4 members (excludes halogenated alkanes) is 1. The summed E-state index contributed by atoms with van der Waals surface area (Å²) in [6.07, 6.45) is 5.38. The molecule has 0 aliphatic rings. The highest BCUT2D eigenvalue weighted by molar-refractivity contribution is 14.0. The summed E-state index contributed by atoms with van der Waals surface area (Å²) in [7, 11) is 1.71. The molecule has 0 saturated heterocycles. The lowest BCUT2D eigenvalue weighted by Gasteiger charge is -2.12. The molecule has 0 fully saturated rings. The highest BCUT2D eigenvalue weighted by Crippen LogP contribution is 2.24. The smallest absolute Gasteiger partial charge is 0.191 e. The van der Waals surface area contributed by atoms with Crippen LogP contribution >= 0.6 is 24.0 Å². The van der Waals surface area contributed by atoms with Crippen LogP contribution in [0.25, 0.3) is 0 Å². The van der Waals surface area contributed by atoms with E-state index in [1.807, 2.05) is 6.07 Å². The van der Waals surface area contributed by atoms with Gasteiger partial charge in [0.05, 0.1) is 6.20 Å². The molecule has 1 aromatic heterocycles. The summed E-state index contributed by atoms with van der Waals surface area (Å²) in [5.74, 6) is 0.978. The second kappa shape index (κ2) is 11.6. The number of aliphatic imine (C=N–C) groups is 1. The first kappa shape index (κ1) is 21.1. The Hall–Kier alpha value is -1.90. The van der Waals surface area contributed by atoms with Gasteiger partial charge < -0.3 is 15.4 Å². The molecule has 2 rings (SSSR count). The van der Waals surface area contributed by atoms with Gasteiger partial charge in [-0.3, -0.25) is 9.98 Å². The summed E-state index contributed by atoms with van der Waals surface area (Å²) in [5.41, 5.74) is 0.810. The Morgan fingerprint density at radius 2 is 2.12 bits per heavy atom. The number of halogens is 2. The van der Waals surface area contributed by atoms with Crippen molar-refractivity contribution in [3.05, 3.63) is 54.1 Å². The van der Waals surface area contributed by atoms with Crippen molar-refractivity contribution in [2.45, 2.75) is 26.3 Å². The van der Waals surface area contributed by atoms with E-state index in [1.54, 1.807) is 37.6 Å². The lowest BCUT2D eigenvalue weighted by molar-refractivity contribution is 0.440. The summed E-state index contributed by atoms with van der Waals surface area (Å²) in [6.45, 7) is 3.48. The van der Waals surface area contributed by atoms with E-state index >= 15 is 0 Å². The van der Waals surface area contributed by atoms with E-state index in [-0.39, 0.29) is 29.7 Å². The van der Waals surface area contributed by atoms with Crippen LogP contribution in [-0.2, 0) is 6.54 Å². The average molecular weight is 458 g/mol. The Bertz CT molecular complexity index is 667. The quantitative estimate of drug-likeness (QED) is 0.284. The number of guanidine groups is 1. The number of hydrogen-bond donors (Lipinski definition) is 2. The van der Waals surface area contributed by atoms with Gasteiger partial charge in [-0.2, -0.15) is 0 Å². The molecule has 5 nitrogen and oxygen atoms in total. The van der Waals surface area contributed by atoms with E-state index in [2.05, 4.69) is 27.5 Å². The highest BCUT2D eigenvalue weighted by Gasteiger charge is 2.07. The summed E-state index contributed by atoms with van der Waals surface area (Å²) < 4.78 is 19.7. The maximum atomic E-state index is 14.2. The first-order chi connectivity index (χ1) is 11.7. The molecule has 0 amide bonds. The average Bonchev–Trinajstić information content (AvgIpc) is 2.61. The van der Waals surface area contributed by atoms with Crippen LogP contribution in [0, 0.1) is 5.82 Å². The molecule has 7 heteroatoms. The van der Waals surface area contributed by atoms with Gasteiger partial charge in [0.25, 0.3) is 0 Å². The van der Waals surface area contributed by atoms with Crippen molar-refractivity contribution in [3.8, 4) is 11.5 Å². The minimum absolute atomic E-state index is 0. The third-order valence-corrected chi connectivity index (χ3v) is 3.36. The molecule has 2 N–H and O–H groups in total. The molecule has 2 aromatic rings. The molecule has 0 radical (unpaired) electrons. The van der Waals surface area contributed by atoms with Crippen molar-refractivity contribution in [1.29, 1.82) is 0 Å².